The van der Waals surface area contributed by atoms with Gasteiger partial charge in [0.2, 0.25) is 0 Å². The van der Waals surface area contributed by atoms with E-state index in [1.54, 1.807) is 0 Å². The summed E-state index contributed by atoms with van der Waals surface area (Å²) in [5.41, 5.74) is 0. The van der Waals surface area contributed by atoms with Crippen molar-refractivity contribution in [2.75, 3.05) is 33.0 Å². The average Bonchev–Trinajstić information content (AvgIpc) is 3.19. The van der Waals surface area contributed by atoms with Crippen molar-refractivity contribution in [2.24, 2.45) is 0 Å². The fourth-order valence-electron chi connectivity index (χ4n) is 3.52. The van der Waals surface area contributed by atoms with Crippen LogP contribution in [-0.2, 0) is 37.9 Å². The van der Waals surface area contributed by atoms with Crippen molar-refractivity contribution in [3.05, 3.63) is 0 Å². The maximum atomic E-state index is 6.07. The Balaban J connectivity index is 1.31. The van der Waals surface area contributed by atoms with Crippen molar-refractivity contribution < 1.29 is 37.9 Å². The zero-order chi connectivity index (χ0) is 17.7. The molecule has 4 heterocycles. The van der Waals surface area contributed by atoms with Crippen molar-refractivity contribution in [3.8, 4) is 0 Å². The second kappa shape index (κ2) is 6.69. The van der Waals surface area contributed by atoms with Gasteiger partial charge in [-0.2, -0.15) is 0 Å². The monoisotopic (exact) mass is 360 g/mol. The van der Waals surface area contributed by atoms with E-state index < -0.39 is 17.9 Å². The molecular formula is C17H28O8. The summed E-state index contributed by atoms with van der Waals surface area (Å²) in [6.45, 7) is 10.4. The summed E-state index contributed by atoms with van der Waals surface area (Å²) in [5, 5.41) is 0. The number of ether oxygens (including phenoxy) is 8. The van der Waals surface area contributed by atoms with Crippen LogP contribution < -0.4 is 0 Å². The van der Waals surface area contributed by atoms with Crippen LogP contribution in [0.4, 0.5) is 0 Å². The molecule has 0 amide bonds. The van der Waals surface area contributed by atoms with E-state index in [1.807, 2.05) is 27.7 Å². The molecule has 0 radical (unpaired) electrons. The normalized spacial score (nSPS) is 43.7. The van der Waals surface area contributed by atoms with E-state index in [4.69, 9.17) is 37.9 Å². The molecule has 0 aliphatic carbocycles. The molecule has 6 atom stereocenters. The summed E-state index contributed by atoms with van der Waals surface area (Å²) in [5.74, 6) is -1.39. The van der Waals surface area contributed by atoms with Crippen LogP contribution in [0.15, 0.2) is 0 Å². The summed E-state index contributed by atoms with van der Waals surface area (Å²) >= 11 is 0. The van der Waals surface area contributed by atoms with Crippen molar-refractivity contribution in [1.82, 2.24) is 0 Å². The predicted molar refractivity (Wildman–Crippen MR) is 83.9 cm³/mol. The van der Waals surface area contributed by atoms with E-state index in [0.29, 0.717) is 26.4 Å². The lowest BCUT2D eigenvalue weighted by atomic mass is 9.99. The van der Waals surface area contributed by atoms with E-state index in [-0.39, 0.29) is 30.5 Å². The second-order valence-electron chi connectivity index (χ2n) is 7.81. The highest BCUT2D eigenvalue weighted by Crippen LogP contribution is 2.44. The summed E-state index contributed by atoms with van der Waals surface area (Å²) in [4.78, 5) is 0. The number of hydrogen-bond acceptors (Lipinski definition) is 8. The van der Waals surface area contributed by atoms with Crippen LogP contribution in [0.5, 0.6) is 0 Å². The SMILES string of the molecule is CC1(C)O[C@H]2[C@@H](O1)[C@@H](COCCOCC1CO1)O[C@@H]1OC(C)(C)O[C@@H]12. The molecule has 0 aromatic carbocycles. The molecule has 8 nitrogen and oxygen atoms in total. The van der Waals surface area contributed by atoms with Gasteiger partial charge in [-0.1, -0.05) is 0 Å². The van der Waals surface area contributed by atoms with Crippen molar-refractivity contribution >= 4 is 0 Å². The Morgan fingerprint density at radius 1 is 0.800 bits per heavy atom. The quantitative estimate of drug-likeness (QED) is 0.488. The highest BCUT2D eigenvalue weighted by Gasteiger charge is 2.60. The largest absolute Gasteiger partial charge is 0.376 e. The van der Waals surface area contributed by atoms with Gasteiger partial charge in [-0.3, -0.25) is 0 Å². The van der Waals surface area contributed by atoms with Gasteiger partial charge in [0.05, 0.1) is 33.0 Å². The van der Waals surface area contributed by atoms with E-state index in [1.165, 1.54) is 0 Å². The lowest BCUT2D eigenvalue weighted by Gasteiger charge is -2.37. The number of hydrogen-bond donors (Lipinski definition) is 0. The first-order chi connectivity index (χ1) is 11.8. The van der Waals surface area contributed by atoms with Gasteiger partial charge in [0.15, 0.2) is 17.9 Å². The van der Waals surface area contributed by atoms with Gasteiger partial charge in [-0.25, -0.2) is 0 Å². The minimum atomic E-state index is -0.704. The molecule has 4 rings (SSSR count). The summed E-state index contributed by atoms with van der Waals surface area (Å²) in [7, 11) is 0. The van der Waals surface area contributed by atoms with Gasteiger partial charge >= 0.3 is 0 Å². The Hall–Kier alpha value is -0.320. The molecule has 0 N–H and O–H groups in total. The topological polar surface area (TPSA) is 77.1 Å². The molecule has 4 aliphatic heterocycles. The third-order valence-electron chi connectivity index (χ3n) is 4.61. The minimum absolute atomic E-state index is 0.243. The van der Waals surface area contributed by atoms with E-state index in [0.717, 1.165) is 6.61 Å². The van der Waals surface area contributed by atoms with E-state index in [9.17, 15) is 0 Å². The standard InChI is InChI=1S/C17H28O8/c1-16(2)22-12-11(9-19-6-5-18-7-10-8-20-10)21-15-14(13(12)23-16)24-17(3,4)25-15/h10-15H,5-9H2,1-4H3/t10?,11-,12+,13+,14-,15-/m1/s1. The highest BCUT2D eigenvalue weighted by atomic mass is 16.9. The van der Waals surface area contributed by atoms with Crippen LogP contribution in [0.3, 0.4) is 0 Å². The molecule has 144 valence electrons. The fourth-order valence-corrected chi connectivity index (χ4v) is 3.52. The minimum Gasteiger partial charge on any atom is -0.376 e. The first-order valence-electron chi connectivity index (χ1n) is 8.97. The summed E-state index contributed by atoms with van der Waals surface area (Å²) in [6.07, 6.45) is -1.29. The van der Waals surface area contributed by atoms with Crippen LogP contribution in [0.25, 0.3) is 0 Å². The molecule has 25 heavy (non-hydrogen) atoms. The number of rotatable bonds is 7. The van der Waals surface area contributed by atoms with Crippen LogP contribution in [-0.4, -0.2) is 81.4 Å². The van der Waals surface area contributed by atoms with Crippen LogP contribution in [0.1, 0.15) is 27.7 Å². The van der Waals surface area contributed by atoms with Gasteiger partial charge in [0.1, 0.15) is 30.5 Å². The van der Waals surface area contributed by atoms with Gasteiger partial charge in [-0.05, 0) is 27.7 Å². The zero-order valence-corrected chi connectivity index (χ0v) is 15.3. The molecule has 0 aromatic rings. The second-order valence-corrected chi connectivity index (χ2v) is 7.81. The average molecular weight is 360 g/mol. The fraction of sp³-hybridized carbons (Fsp3) is 1.00. The lowest BCUT2D eigenvalue weighted by molar-refractivity contribution is -0.243. The first-order valence-corrected chi connectivity index (χ1v) is 8.97. The van der Waals surface area contributed by atoms with Crippen LogP contribution in [0.2, 0.25) is 0 Å². The number of epoxide rings is 1. The smallest absolute Gasteiger partial charge is 0.190 e. The van der Waals surface area contributed by atoms with Crippen LogP contribution >= 0.6 is 0 Å². The molecule has 4 aliphatic rings. The first kappa shape index (κ1) is 18.1. The number of fused-ring (bicyclic) bond motifs is 3. The Morgan fingerprint density at radius 2 is 1.40 bits per heavy atom. The molecule has 1 unspecified atom stereocenters. The summed E-state index contributed by atoms with van der Waals surface area (Å²) < 4.78 is 46.3. The van der Waals surface area contributed by atoms with Gasteiger partial charge < -0.3 is 37.9 Å². The molecule has 0 bridgehead atoms. The maximum Gasteiger partial charge on any atom is 0.190 e. The van der Waals surface area contributed by atoms with Crippen LogP contribution in [0, 0.1) is 0 Å². The molecule has 4 fully saturated rings. The maximum absolute atomic E-state index is 6.07. The molecule has 4 saturated heterocycles. The Labute approximate surface area is 147 Å². The zero-order valence-electron chi connectivity index (χ0n) is 15.3. The Kier molecular flexibility index (Phi) is 4.83. The van der Waals surface area contributed by atoms with E-state index >= 15 is 0 Å². The van der Waals surface area contributed by atoms with Crippen molar-refractivity contribution in [2.45, 2.75) is 76.1 Å². The van der Waals surface area contributed by atoms with E-state index in [2.05, 4.69) is 0 Å². The lowest BCUT2D eigenvalue weighted by Crippen LogP contribution is -2.56. The van der Waals surface area contributed by atoms with Crippen molar-refractivity contribution in [1.29, 1.82) is 0 Å². The highest BCUT2D eigenvalue weighted by molar-refractivity contribution is 5.00. The predicted octanol–water partition coefficient (Wildman–Crippen LogP) is 0.815. The van der Waals surface area contributed by atoms with Gasteiger partial charge in [0, 0.05) is 0 Å². The molecule has 0 spiro atoms. The Bertz CT molecular complexity index is 477. The molecule has 0 saturated carbocycles. The molecule has 0 aromatic heterocycles. The molecule has 8 heteroatoms. The molecular weight excluding hydrogens is 332 g/mol. The van der Waals surface area contributed by atoms with Crippen molar-refractivity contribution in [3.63, 3.8) is 0 Å². The third-order valence-corrected chi connectivity index (χ3v) is 4.61. The summed E-state index contributed by atoms with van der Waals surface area (Å²) in [6, 6.07) is 0. The Morgan fingerprint density at radius 3 is 2.12 bits per heavy atom. The van der Waals surface area contributed by atoms with Gasteiger partial charge in [-0.15, -0.1) is 0 Å². The third kappa shape index (κ3) is 4.17. The van der Waals surface area contributed by atoms with Gasteiger partial charge in [0.25, 0.3) is 0 Å².